The van der Waals surface area contributed by atoms with Gasteiger partial charge in [-0.2, -0.15) is 0 Å². The van der Waals surface area contributed by atoms with Crippen LogP contribution in [0.1, 0.15) is 32.3 Å². The molecule has 0 radical (unpaired) electrons. The number of hydrogen-bond acceptors (Lipinski definition) is 6. The fraction of sp³-hybridized carbons (Fsp3) is 0.421. The standard InChI is InChI=1S/C19H23N3O5/c1-12(20)17(26)21-13(2)18(27)22-16(25)9-8-15(24)19(22,11-23)10-14-6-4-3-5-7-14/h3-7,11-13H,8-10,20H2,1-2H3,(H,21,26)/t12-,13-,19-/m0/s1. The van der Waals surface area contributed by atoms with Crippen molar-refractivity contribution in [2.45, 2.75) is 50.7 Å². The van der Waals surface area contributed by atoms with Gasteiger partial charge >= 0.3 is 0 Å². The van der Waals surface area contributed by atoms with Crippen LogP contribution in [-0.2, 0) is 30.4 Å². The molecule has 0 spiro atoms. The third-order valence-electron chi connectivity index (χ3n) is 4.57. The Hall–Kier alpha value is -2.87. The van der Waals surface area contributed by atoms with Gasteiger partial charge in [-0.05, 0) is 19.4 Å². The first-order chi connectivity index (χ1) is 12.7. The predicted octanol–water partition coefficient (Wildman–Crippen LogP) is -0.263. The van der Waals surface area contributed by atoms with E-state index in [1.807, 2.05) is 0 Å². The van der Waals surface area contributed by atoms with Gasteiger partial charge in [0.25, 0.3) is 5.91 Å². The molecular formula is C19H23N3O5. The molecule has 0 unspecified atom stereocenters. The lowest BCUT2D eigenvalue weighted by Crippen LogP contribution is -2.67. The van der Waals surface area contributed by atoms with Gasteiger partial charge in [0.15, 0.2) is 17.6 Å². The number of nitrogens with two attached hydrogens (primary N) is 1. The Morgan fingerprint density at radius 2 is 1.85 bits per heavy atom. The molecule has 2 rings (SSSR count). The number of ketones is 1. The molecule has 3 atom stereocenters. The molecule has 1 aromatic carbocycles. The predicted molar refractivity (Wildman–Crippen MR) is 96.3 cm³/mol. The number of piperidine rings is 1. The number of rotatable bonds is 6. The van der Waals surface area contributed by atoms with Gasteiger partial charge in [0.2, 0.25) is 11.8 Å². The van der Waals surface area contributed by atoms with Gasteiger partial charge in [-0.15, -0.1) is 0 Å². The Labute approximate surface area is 157 Å². The minimum absolute atomic E-state index is 0.110. The van der Waals surface area contributed by atoms with Crippen molar-refractivity contribution in [2.75, 3.05) is 0 Å². The molecular weight excluding hydrogens is 350 g/mol. The largest absolute Gasteiger partial charge is 0.343 e. The van der Waals surface area contributed by atoms with E-state index < -0.39 is 41.1 Å². The number of hydrogen-bond donors (Lipinski definition) is 2. The Morgan fingerprint density at radius 3 is 2.41 bits per heavy atom. The SMILES string of the molecule is C[C@H](N)C(=O)N[C@@H](C)C(=O)N1C(=O)CCC(=O)[C@@]1(C=O)Cc1ccccc1. The number of carbonyl (C=O) groups excluding carboxylic acids is 5. The molecule has 1 aliphatic rings. The Balaban J connectivity index is 2.40. The van der Waals surface area contributed by atoms with Crippen molar-refractivity contribution in [2.24, 2.45) is 5.73 Å². The molecule has 8 nitrogen and oxygen atoms in total. The van der Waals surface area contributed by atoms with E-state index >= 15 is 0 Å². The second-order valence-electron chi connectivity index (χ2n) is 6.71. The van der Waals surface area contributed by atoms with Crippen LogP contribution < -0.4 is 11.1 Å². The maximum Gasteiger partial charge on any atom is 0.252 e. The molecule has 8 heteroatoms. The lowest BCUT2D eigenvalue weighted by atomic mass is 9.80. The van der Waals surface area contributed by atoms with Gasteiger partial charge in [0, 0.05) is 19.3 Å². The number of carbonyl (C=O) groups is 5. The van der Waals surface area contributed by atoms with Gasteiger partial charge in [0.05, 0.1) is 6.04 Å². The molecule has 0 bridgehead atoms. The highest BCUT2D eigenvalue weighted by molar-refractivity contribution is 6.16. The minimum atomic E-state index is -1.92. The number of aldehydes is 1. The second kappa shape index (κ2) is 8.22. The first kappa shape index (κ1) is 20.4. The zero-order valence-electron chi connectivity index (χ0n) is 15.3. The van der Waals surface area contributed by atoms with Gasteiger partial charge < -0.3 is 15.8 Å². The molecule has 27 heavy (non-hydrogen) atoms. The van der Waals surface area contributed by atoms with Crippen LogP contribution in [-0.4, -0.2) is 52.3 Å². The maximum atomic E-state index is 12.9. The third kappa shape index (κ3) is 4.11. The highest BCUT2D eigenvalue weighted by Crippen LogP contribution is 2.29. The molecule has 3 amide bonds. The first-order valence-electron chi connectivity index (χ1n) is 8.69. The smallest absolute Gasteiger partial charge is 0.252 e. The molecule has 0 aromatic heterocycles. The highest BCUT2D eigenvalue weighted by Gasteiger charge is 2.52. The van der Waals surface area contributed by atoms with Crippen molar-refractivity contribution < 1.29 is 24.0 Å². The summed E-state index contributed by atoms with van der Waals surface area (Å²) in [6.45, 7) is 2.83. The van der Waals surface area contributed by atoms with Crippen LogP contribution in [0.15, 0.2) is 30.3 Å². The Morgan fingerprint density at radius 1 is 1.22 bits per heavy atom. The summed E-state index contributed by atoms with van der Waals surface area (Å²) in [5.74, 6) is -2.51. The van der Waals surface area contributed by atoms with Crippen molar-refractivity contribution in [3.63, 3.8) is 0 Å². The maximum absolute atomic E-state index is 12.9. The number of Topliss-reactive ketones (excluding diaryl/α,β-unsaturated/α-hetero) is 1. The molecule has 1 aliphatic heterocycles. The fourth-order valence-corrected chi connectivity index (χ4v) is 3.06. The van der Waals surface area contributed by atoms with Crippen molar-refractivity contribution in [1.82, 2.24) is 10.2 Å². The summed E-state index contributed by atoms with van der Waals surface area (Å²) in [6, 6.07) is 6.71. The van der Waals surface area contributed by atoms with Crippen molar-refractivity contribution in [3.8, 4) is 0 Å². The van der Waals surface area contributed by atoms with Gasteiger partial charge in [-0.3, -0.25) is 24.1 Å². The lowest BCUT2D eigenvalue weighted by molar-refractivity contribution is -0.165. The summed E-state index contributed by atoms with van der Waals surface area (Å²) in [6.07, 6.45) is -0.0311. The van der Waals surface area contributed by atoms with Crippen LogP contribution in [0.3, 0.4) is 0 Å². The molecule has 144 valence electrons. The summed E-state index contributed by atoms with van der Waals surface area (Å²) in [7, 11) is 0. The molecule has 0 saturated carbocycles. The van der Waals surface area contributed by atoms with E-state index in [2.05, 4.69) is 5.32 Å². The van der Waals surface area contributed by atoms with Gasteiger partial charge in [0.1, 0.15) is 6.04 Å². The van der Waals surface area contributed by atoms with E-state index in [1.165, 1.54) is 13.8 Å². The number of likely N-dealkylation sites (tertiary alicyclic amines) is 1. The Kier molecular flexibility index (Phi) is 6.22. The monoisotopic (exact) mass is 373 g/mol. The van der Waals surface area contributed by atoms with Crippen LogP contribution >= 0.6 is 0 Å². The summed E-state index contributed by atoms with van der Waals surface area (Å²) in [5.41, 5.74) is 4.20. The van der Waals surface area contributed by atoms with E-state index in [-0.39, 0.29) is 19.3 Å². The zero-order chi connectivity index (χ0) is 20.2. The number of nitrogens with zero attached hydrogens (tertiary/aromatic N) is 1. The number of imide groups is 1. The first-order valence-corrected chi connectivity index (χ1v) is 8.69. The molecule has 1 fully saturated rings. The van der Waals surface area contributed by atoms with E-state index in [4.69, 9.17) is 5.73 Å². The minimum Gasteiger partial charge on any atom is -0.343 e. The normalized spacial score (nSPS) is 22.1. The van der Waals surface area contributed by atoms with Crippen molar-refractivity contribution in [1.29, 1.82) is 0 Å². The van der Waals surface area contributed by atoms with Crippen LogP contribution in [0.5, 0.6) is 0 Å². The van der Waals surface area contributed by atoms with E-state index in [0.29, 0.717) is 16.7 Å². The number of nitrogens with one attached hydrogen (secondary N) is 1. The van der Waals surface area contributed by atoms with Crippen LogP contribution in [0, 0.1) is 0 Å². The van der Waals surface area contributed by atoms with Crippen LogP contribution in [0.2, 0.25) is 0 Å². The third-order valence-corrected chi connectivity index (χ3v) is 4.57. The zero-order valence-corrected chi connectivity index (χ0v) is 15.3. The second-order valence-corrected chi connectivity index (χ2v) is 6.71. The number of amides is 3. The lowest BCUT2D eigenvalue weighted by Gasteiger charge is -2.41. The van der Waals surface area contributed by atoms with Gasteiger partial charge in [-0.25, -0.2) is 0 Å². The van der Waals surface area contributed by atoms with E-state index in [9.17, 15) is 24.0 Å². The van der Waals surface area contributed by atoms with E-state index in [0.717, 1.165) is 0 Å². The van der Waals surface area contributed by atoms with Gasteiger partial charge in [-0.1, -0.05) is 30.3 Å². The van der Waals surface area contributed by atoms with E-state index in [1.54, 1.807) is 30.3 Å². The quantitative estimate of drug-likeness (QED) is 0.522. The molecule has 3 N–H and O–H groups in total. The van der Waals surface area contributed by atoms with Crippen molar-refractivity contribution in [3.05, 3.63) is 35.9 Å². The number of benzene rings is 1. The average Bonchev–Trinajstić information content (AvgIpc) is 2.65. The molecule has 0 aliphatic carbocycles. The Bertz CT molecular complexity index is 762. The fourth-order valence-electron chi connectivity index (χ4n) is 3.06. The van der Waals surface area contributed by atoms with Crippen molar-refractivity contribution >= 4 is 29.8 Å². The molecule has 1 aromatic rings. The highest BCUT2D eigenvalue weighted by atomic mass is 16.2. The molecule has 1 saturated heterocycles. The summed E-state index contributed by atoms with van der Waals surface area (Å²) in [5, 5.41) is 2.40. The summed E-state index contributed by atoms with van der Waals surface area (Å²) < 4.78 is 0. The average molecular weight is 373 g/mol. The summed E-state index contributed by atoms with van der Waals surface area (Å²) >= 11 is 0. The van der Waals surface area contributed by atoms with Crippen LogP contribution in [0.4, 0.5) is 0 Å². The molecule has 1 heterocycles. The summed E-state index contributed by atoms with van der Waals surface area (Å²) in [4.78, 5) is 62.7. The topological polar surface area (TPSA) is 127 Å². The van der Waals surface area contributed by atoms with Crippen LogP contribution in [0.25, 0.3) is 0 Å².